The number of nitrogens with two attached hydrogens (primary N) is 1. The lowest BCUT2D eigenvalue weighted by atomic mass is 9.97. The second-order valence-electron chi connectivity index (χ2n) is 10.2. The fraction of sp³-hybridized carbons (Fsp3) is 0.258. The van der Waals surface area contributed by atoms with Crippen LogP contribution >= 0.6 is 0 Å². The number of rotatable bonds is 7. The van der Waals surface area contributed by atoms with Gasteiger partial charge in [0.25, 0.3) is 5.91 Å². The smallest absolute Gasteiger partial charge is 0.261 e. The molecule has 5 N–H and O–H groups in total. The highest BCUT2D eigenvalue weighted by Gasteiger charge is 2.22. The van der Waals surface area contributed by atoms with Gasteiger partial charge in [-0.05, 0) is 81.7 Å². The number of pyridine rings is 2. The van der Waals surface area contributed by atoms with Crippen molar-refractivity contribution in [1.82, 2.24) is 14.9 Å². The van der Waals surface area contributed by atoms with Gasteiger partial charge in [-0.1, -0.05) is 18.2 Å². The molecule has 0 bridgehead atoms. The number of benzene rings is 2. The van der Waals surface area contributed by atoms with Crippen LogP contribution in [0.2, 0.25) is 0 Å². The summed E-state index contributed by atoms with van der Waals surface area (Å²) in [5.41, 5.74) is 8.72. The number of hydrogen-bond acceptors (Lipinski definition) is 6. The number of amides is 3. The molecule has 1 aliphatic rings. The number of nitrogens with one attached hydrogen (secondary N) is 3. The normalized spacial score (nSPS) is 13.6. The highest BCUT2D eigenvalue weighted by molar-refractivity contribution is 6.08. The summed E-state index contributed by atoms with van der Waals surface area (Å²) in [4.78, 5) is 56.1. The molecule has 0 atom stereocenters. The first-order valence-corrected chi connectivity index (χ1v) is 13.6. The molecule has 2 aromatic heterocycles. The van der Waals surface area contributed by atoms with E-state index in [1.54, 1.807) is 41.0 Å². The topological polar surface area (TPSA) is 148 Å². The molecule has 0 unspecified atom stereocenters. The van der Waals surface area contributed by atoms with Gasteiger partial charge in [-0.15, -0.1) is 0 Å². The minimum Gasteiger partial charge on any atom is -0.366 e. The minimum absolute atomic E-state index is 0.0329. The van der Waals surface area contributed by atoms with Crippen LogP contribution in [0.25, 0.3) is 22.2 Å². The van der Waals surface area contributed by atoms with Crippen molar-refractivity contribution < 1.29 is 14.4 Å². The summed E-state index contributed by atoms with van der Waals surface area (Å²) in [6, 6.07) is 15.4. The molecule has 2 aromatic carbocycles. The third-order valence-electron chi connectivity index (χ3n) is 7.35. The molecule has 41 heavy (non-hydrogen) atoms. The zero-order chi connectivity index (χ0) is 29.1. The third-order valence-corrected chi connectivity index (χ3v) is 7.35. The molecule has 1 fully saturated rings. The van der Waals surface area contributed by atoms with E-state index in [1.165, 1.54) is 12.3 Å². The Bertz CT molecular complexity index is 1720. The molecule has 0 saturated carbocycles. The maximum absolute atomic E-state index is 13.5. The molecular weight excluding hydrogens is 520 g/mol. The zero-order valence-corrected chi connectivity index (χ0v) is 23.0. The third kappa shape index (κ3) is 5.87. The summed E-state index contributed by atoms with van der Waals surface area (Å²) in [5, 5.41) is 9.43. The van der Waals surface area contributed by atoms with Gasteiger partial charge in [-0.25, -0.2) is 4.98 Å². The molecular formula is C31H32N6O4. The van der Waals surface area contributed by atoms with E-state index in [2.05, 4.69) is 20.9 Å². The Hall–Kier alpha value is -4.83. The van der Waals surface area contributed by atoms with Gasteiger partial charge >= 0.3 is 0 Å². The summed E-state index contributed by atoms with van der Waals surface area (Å²) >= 11 is 0. The van der Waals surface area contributed by atoms with Crippen molar-refractivity contribution in [2.75, 3.05) is 23.7 Å². The van der Waals surface area contributed by atoms with E-state index < -0.39 is 17.2 Å². The molecule has 0 aliphatic carbocycles. The Morgan fingerprint density at radius 2 is 1.83 bits per heavy atom. The van der Waals surface area contributed by atoms with E-state index in [4.69, 9.17) is 5.73 Å². The lowest BCUT2D eigenvalue weighted by Gasteiger charge is -2.22. The van der Waals surface area contributed by atoms with Crippen LogP contribution in [-0.4, -0.2) is 40.4 Å². The molecule has 1 aliphatic heterocycles. The van der Waals surface area contributed by atoms with Gasteiger partial charge in [0.05, 0.1) is 5.39 Å². The standard InChI is InChI=1S/C31H32N6O4/c1-3-37-17-25(27(38)24-9-7-18(2)34-29(24)37)31(41)36-26-16-21(28(32)39)8-10-23(26)20-5-4-6-22(15-20)35-30(40)19-11-13-33-14-12-19/h4-10,15-17,19,33H,3,11-14H2,1-2H3,(H2,32,39)(H,35,40)(H,36,41). The van der Waals surface area contributed by atoms with E-state index in [9.17, 15) is 19.2 Å². The van der Waals surface area contributed by atoms with E-state index in [-0.39, 0.29) is 23.0 Å². The maximum Gasteiger partial charge on any atom is 0.261 e. The van der Waals surface area contributed by atoms with Gasteiger partial charge in [0.15, 0.2) is 0 Å². The van der Waals surface area contributed by atoms with E-state index in [1.807, 2.05) is 26.0 Å². The second-order valence-corrected chi connectivity index (χ2v) is 10.2. The first-order chi connectivity index (χ1) is 19.7. The lowest BCUT2D eigenvalue weighted by Crippen LogP contribution is -2.34. The van der Waals surface area contributed by atoms with Crippen molar-refractivity contribution in [3.63, 3.8) is 0 Å². The molecule has 10 nitrogen and oxygen atoms in total. The van der Waals surface area contributed by atoms with E-state index in [0.29, 0.717) is 40.1 Å². The van der Waals surface area contributed by atoms with Crippen LogP contribution < -0.4 is 27.1 Å². The predicted octanol–water partition coefficient (Wildman–Crippen LogP) is 3.68. The Kier molecular flexibility index (Phi) is 7.93. The van der Waals surface area contributed by atoms with Crippen molar-refractivity contribution >= 4 is 40.1 Å². The van der Waals surface area contributed by atoms with E-state index >= 15 is 0 Å². The number of hydrogen-bond donors (Lipinski definition) is 4. The SMILES string of the molecule is CCn1cc(C(=O)Nc2cc(C(N)=O)ccc2-c2cccc(NC(=O)C3CCNCC3)c2)c(=O)c2ccc(C)nc21. The summed E-state index contributed by atoms with van der Waals surface area (Å²) in [5.74, 6) is -1.37. The van der Waals surface area contributed by atoms with Gasteiger partial charge in [0.1, 0.15) is 11.2 Å². The summed E-state index contributed by atoms with van der Waals surface area (Å²) in [7, 11) is 0. The van der Waals surface area contributed by atoms with Crippen molar-refractivity contribution in [1.29, 1.82) is 0 Å². The number of carbonyl (C=O) groups excluding carboxylic acids is 3. The number of carbonyl (C=O) groups is 3. The Morgan fingerprint density at radius 1 is 1.05 bits per heavy atom. The number of piperidine rings is 1. The molecule has 210 valence electrons. The zero-order valence-electron chi connectivity index (χ0n) is 23.0. The maximum atomic E-state index is 13.5. The fourth-order valence-electron chi connectivity index (χ4n) is 5.10. The molecule has 0 radical (unpaired) electrons. The molecule has 3 heterocycles. The van der Waals surface area contributed by atoms with Crippen LogP contribution in [-0.2, 0) is 11.3 Å². The van der Waals surface area contributed by atoms with Gasteiger partial charge in [-0.2, -0.15) is 0 Å². The molecule has 3 amide bonds. The Labute approximate surface area is 237 Å². The first-order valence-electron chi connectivity index (χ1n) is 13.6. The minimum atomic E-state index is -0.657. The number of fused-ring (bicyclic) bond motifs is 1. The molecule has 0 spiro atoms. The Balaban J connectivity index is 1.50. The van der Waals surface area contributed by atoms with Gasteiger partial charge in [0, 0.05) is 46.9 Å². The largest absolute Gasteiger partial charge is 0.366 e. The predicted molar refractivity (Wildman–Crippen MR) is 159 cm³/mol. The van der Waals surface area contributed by atoms with Crippen LogP contribution in [0, 0.1) is 12.8 Å². The number of anilines is 2. The summed E-state index contributed by atoms with van der Waals surface area (Å²) < 4.78 is 1.76. The highest BCUT2D eigenvalue weighted by Crippen LogP contribution is 2.31. The highest BCUT2D eigenvalue weighted by atomic mass is 16.2. The summed E-state index contributed by atoms with van der Waals surface area (Å²) in [6.45, 7) is 5.87. The lowest BCUT2D eigenvalue weighted by molar-refractivity contribution is -0.120. The monoisotopic (exact) mass is 552 g/mol. The van der Waals surface area contributed by atoms with Crippen molar-refractivity contribution in [3.8, 4) is 11.1 Å². The average Bonchev–Trinajstić information content (AvgIpc) is 2.97. The number of aromatic nitrogens is 2. The molecule has 10 heteroatoms. The molecule has 1 saturated heterocycles. The number of nitrogens with zero attached hydrogens (tertiary/aromatic N) is 2. The van der Waals surface area contributed by atoms with Crippen LogP contribution in [0.5, 0.6) is 0 Å². The quantitative estimate of drug-likeness (QED) is 0.275. The van der Waals surface area contributed by atoms with Crippen molar-refractivity contribution in [3.05, 3.63) is 87.8 Å². The number of aryl methyl sites for hydroxylation is 2. The van der Waals surface area contributed by atoms with Crippen LogP contribution in [0.15, 0.2) is 65.6 Å². The van der Waals surface area contributed by atoms with E-state index in [0.717, 1.165) is 31.6 Å². The van der Waals surface area contributed by atoms with Crippen molar-refractivity contribution in [2.24, 2.45) is 11.7 Å². The van der Waals surface area contributed by atoms with Gasteiger partial charge in [-0.3, -0.25) is 19.2 Å². The fourth-order valence-corrected chi connectivity index (χ4v) is 5.10. The van der Waals surface area contributed by atoms with Crippen LogP contribution in [0.3, 0.4) is 0 Å². The van der Waals surface area contributed by atoms with Gasteiger partial charge in [0.2, 0.25) is 17.2 Å². The van der Waals surface area contributed by atoms with Crippen molar-refractivity contribution in [2.45, 2.75) is 33.2 Å². The van der Waals surface area contributed by atoms with Crippen LogP contribution in [0.1, 0.15) is 46.2 Å². The first kappa shape index (κ1) is 27.7. The molecule has 4 aromatic rings. The second kappa shape index (κ2) is 11.7. The molecule has 5 rings (SSSR count). The number of primary amides is 1. The van der Waals surface area contributed by atoms with Crippen LogP contribution in [0.4, 0.5) is 11.4 Å². The average molecular weight is 553 g/mol. The summed E-state index contributed by atoms with van der Waals surface area (Å²) in [6.07, 6.45) is 3.06. The van der Waals surface area contributed by atoms with Gasteiger partial charge < -0.3 is 26.3 Å². The Morgan fingerprint density at radius 3 is 2.56 bits per heavy atom.